The molecule has 6 heteroatoms. The van der Waals surface area contributed by atoms with Gasteiger partial charge < -0.3 is 0 Å². The second kappa shape index (κ2) is 13.0. The van der Waals surface area contributed by atoms with Crippen molar-refractivity contribution in [1.82, 2.24) is 29.9 Å². The molecule has 3 fully saturated rings. The topological polar surface area (TPSA) is 77.3 Å². The summed E-state index contributed by atoms with van der Waals surface area (Å²) < 4.78 is 0. The van der Waals surface area contributed by atoms with Gasteiger partial charge in [0, 0.05) is 33.4 Å². The van der Waals surface area contributed by atoms with Crippen LogP contribution in [0.4, 0.5) is 0 Å². The minimum absolute atomic E-state index is 0.580. The van der Waals surface area contributed by atoms with Crippen molar-refractivity contribution in [3.63, 3.8) is 0 Å². The van der Waals surface area contributed by atoms with Crippen LogP contribution in [0.25, 0.3) is 79.5 Å². The number of hydrogen-bond donors (Lipinski definition) is 0. The highest BCUT2D eigenvalue weighted by atomic mass is 15.0. The quantitative estimate of drug-likeness (QED) is 0.156. The standard InChI is InChI=1S/C49H36N6/c1-4-12-30(13-5-1)31-22-24-34(25-23-31)46-50-44(32-14-6-2-7-15-32)51-48(54-46)37-20-11-21-38(27-37)49-53-45(33-16-8-3-9-17-33)52-47(55-49)36-19-10-18-35(26-36)42-40-28-39-29-41(42)43(39)40/h1-27,39-43H,28-29H2. The van der Waals surface area contributed by atoms with Gasteiger partial charge in [-0.1, -0.05) is 152 Å². The Morgan fingerprint density at radius 2 is 0.655 bits per heavy atom. The van der Waals surface area contributed by atoms with Crippen molar-refractivity contribution < 1.29 is 0 Å². The van der Waals surface area contributed by atoms with E-state index in [0.29, 0.717) is 40.9 Å². The highest BCUT2D eigenvalue weighted by Crippen LogP contribution is 2.75. The molecule has 3 aliphatic carbocycles. The van der Waals surface area contributed by atoms with E-state index in [1.54, 1.807) is 0 Å². The number of rotatable bonds is 8. The van der Waals surface area contributed by atoms with Gasteiger partial charge in [0.05, 0.1) is 0 Å². The Morgan fingerprint density at radius 3 is 1.11 bits per heavy atom. The first-order chi connectivity index (χ1) is 27.2. The predicted octanol–water partition coefficient (Wildman–Crippen LogP) is 11.1. The van der Waals surface area contributed by atoms with Gasteiger partial charge in [0.25, 0.3) is 0 Å². The first-order valence-corrected chi connectivity index (χ1v) is 19.2. The molecule has 2 heterocycles. The Morgan fingerprint density at radius 1 is 0.309 bits per heavy atom. The van der Waals surface area contributed by atoms with Crippen LogP contribution < -0.4 is 0 Å². The molecule has 55 heavy (non-hydrogen) atoms. The zero-order chi connectivity index (χ0) is 36.3. The summed E-state index contributed by atoms with van der Waals surface area (Å²) >= 11 is 0. The third-order valence-corrected chi connectivity index (χ3v) is 12.1. The molecule has 11 rings (SSSR count). The van der Waals surface area contributed by atoms with E-state index in [4.69, 9.17) is 29.9 Å². The molecule has 2 atom stereocenters. The average molecular weight is 709 g/mol. The normalized spacial score (nSPS) is 20.4. The first kappa shape index (κ1) is 31.8. The smallest absolute Gasteiger partial charge is 0.164 e. The summed E-state index contributed by atoms with van der Waals surface area (Å²) in [5.74, 6) is 8.13. The lowest BCUT2D eigenvalue weighted by Gasteiger charge is -2.73. The van der Waals surface area contributed by atoms with Crippen LogP contribution in [0.15, 0.2) is 164 Å². The van der Waals surface area contributed by atoms with Gasteiger partial charge in [-0.15, -0.1) is 0 Å². The molecule has 3 saturated carbocycles. The number of hydrogen-bond acceptors (Lipinski definition) is 6. The fraction of sp³-hybridized carbons (Fsp3) is 0.143. The minimum Gasteiger partial charge on any atom is -0.208 e. The molecule has 0 radical (unpaired) electrons. The van der Waals surface area contributed by atoms with E-state index in [1.807, 2.05) is 66.7 Å². The minimum atomic E-state index is 0.580. The number of nitrogens with zero attached hydrogens (tertiary/aromatic N) is 6. The zero-order valence-corrected chi connectivity index (χ0v) is 30.1. The molecule has 0 N–H and O–H groups in total. The molecule has 2 unspecified atom stereocenters. The van der Waals surface area contributed by atoms with E-state index in [2.05, 4.69) is 97.1 Å². The Bertz CT molecular complexity index is 2670. The van der Waals surface area contributed by atoms with E-state index in [9.17, 15) is 0 Å². The van der Waals surface area contributed by atoms with Crippen LogP contribution in [0.2, 0.25) is 0 Å². The molecule has 2 aromatic heterocycles. The molecule has 0 spiro atoms. The van der Waals surface area contributed by atoms with Gasteiger partial charge in [-0.05, 0) is 71.3 Å². The van der Waals surface area contributed by atoms with Gasteiger partial charge in [0.2, 0.25) is 0 Å². The summed E-state index contributed by atoms with van der Waals surface area (Å²) in [5.41, 5.74) is 9.27. The average Bonchev–Trinajstić information content (AvgIpc) is 3.27. The zero-order valence-electron chi connectivity index (χ0n) is 30.1. The largest absolute Gasteiger partial charge is 0.208 e. The third kappa shape index (κ3) is 5.64. The SMILES string of the molecule is c1ccc(-c2ccc(-c3nc(-c4ccccc4)nc(-c4cccc(-c5nc(-c6ccccc6)nc(-c6cccc(C7C8CC9CC7C98)c6)n5)c4)n3)cc2)cc1. The van der Waals surface area contributed by atoms with E-state index in [1.165, 1.54) is 24.0 Å². The molecule has 8 aromatic rings. The van der Waals surface area contributed by atoms with Crippen LogP contribution in [0.5, 0.6) is 0 Å². The molecule has 0 amide bonds. The molecule has 0 saturated heterocycles. The molecule has 262 valence electrons. The summed E-state index contributed by atoms with van der Waals surface area (Å²) in [7, 11) is 0. The van der Waals surface area contributed by atoms with Crippen molar-refractivity contribution >= 4 is 0 Å². The van der Waals surface area contributed by atoms with Gasteiger partial charge in [-0.3, -0.25) is 0 Å². The van der Waals surface area contributed by atoms with E-state index < -0.39 is 0 Å². The van der Waals surface area contributed by atoms with Gasteiger partial charge in [0.15, 0.2) is 34.9 Å². The van der Waals surface area contributed by atoms with Gasteiger partial charge in [-0.2, -0.15) is 0 Å². The molecular weight excluding hydrogens is 673 g/mol. The van der Waals surface area contributed by atoms with Crippen LogP contribution in [-0.4, -0.2) is 29.9 Å². The second-order valence-electron chi connectivity index (χ2n) is 15.2. The first-order valence-electron chi connectivity index (χ1n) is 19.2. The molecule has 0 aliphatic heterocycles. The Labute approximate surface area is 320 Å². The Kier molecular flexibility index (Phi) is 7.54. The lowest BCUT2D eigenvalue weighted by Crippen LogP contribution is -2.65. The molecule has 3 aliphatic rings. The Hall–Kier alpha value is -6.66. The lowest BCUT2D eigenvalue weighted by atomic mass is 9.31. The predicted molar refractivity (Wildman–Crippen MR) is 217 cm³/mol. The van der Waals surface area contributed by atoms with Gasteiger partial charge in [-0.25, -0.2) is 29.9 Å². The highest BCUT2D eigenvalue weighted by Gasteiger charge is 2.67. The van der Waals surface area contributed by atoms with Crippen LogP contribution in [-0.2, 0) is 0 Å². The summed E-state index contributed by atoms with van der Waals surface area (Å²) in [6.45, 7) is 0. The van der Waals surface area contributed by atoms with Crippen LogP contribution >= 0.6 is 0 Å². The fourth-order valence-electron chi connectivity index (χ4n) is 9.31. The van der Waals surface area contributed by atoms with E-state index in [-0.39, 0.29) is 0 Å². The van der Waals surface area contributed by atoms with Crippen molar-refractivity contribution in [1.29, 1.82) is 0 Å². The summed E-state index contributed by atoms with van der Waals surface area (Å²) in [4.78, 5) is 30.3. The maximum atomic E-state index is 5.14. The van der Waals surface area contributed by atoms with Gasteiger partial charge in [0.1, 0.15) is 0 Å². The van der Waals surface area contributed by atoms with Crippen molar-refractivity contribution in [3.05, 3.63) is 169 Å². The summed E-state index contributed by atoms with van der Waals surface area (Å²) in [6.07, 6.45) is 2.80. The molecule has 0 bridgehead atoms. The number of aromatic nitrogens is 6. The van der Waals surface area contributed by atoms with Crippen molar-refractivity contribution in [3.8, 4) is 79.5 Å². The third-order valence-electron chi connectivity index (χ3n) is 12.1. The van der Waals surface area contributed by atoms with E-state index >= 15 is 0 Å². The summed E-state index contributed by atoms with van der Waals surface area (Å²) in [5, 5.41) is 0. The maximum Gasteiger partial charge on any atom is 0.164 e. The van der Waals surface area contributed by atoms with Crippen molar-refractivity contribution in [2.45, 2.75) is 18.8 Å². The lowest BCUT2D eigenvalue weighted by molar-refractivity contribution is -0.214. The Balaban J connectivity index is 0.994. The maximum absolute atomic E-state index is 5.14. The molecule has 6 aromatic carbocycles. The second-order valence-corrected chi connectivity index (χ2v) is 15.2. The molecular formula is C49H36N6. The highest BCUT2D eigenvalue weighted by molar-refractivity contribution is 5.73. The van der Waals surface area contributed by atoms with Crippen LogP contribution in [0, 0.1) is 23.7 Å². The number of benzene rings is 6. The van der Waals surface area contributed by atoms with Crippen LogP contribution in [0.1, 0.15) is 24.3 Å². The van der Waals surface area contributed by atoms with Gasteiger partial charge >= 0.3 is 0 Å². The monoisotopic (exact) mass is 708 g/mol. The molecule has 6 nitrogen and oxygen atoms in total. The summed E-state index contributed by atoms with van der Waals surface area (Å²) in [6, 6.07) is 56.2. The van der Waals surface area contributed by atoms with Crippen molar-refractivity contribution in [2.75, 3.05) is 0 Å². The van der Waals surface area contributed by atoms with Crippen LogP contribution in [0.3, 0.4) is 0 Å². The van der Waals surface area contributed by atoms with E-state index in [0.717, 1.165) is 62.6 Å². The van der Waals surface area contributed by atoms with Crippen molar-refractivity contribution in [2.24, 2.45) is 23.7 Å². The fourth-order valence-corrected chi connectivity index (χ4v) is 9.31.